The molecular formula is C14H15N5. The molecule has 0 aliphatic carbocycles. The Kier molecular flexibility index (Phi) is 2.59. The molecule has 19 heavy (non-hydrogen) atoms. The summed E-state index contributed by atoms with van der Waals surface area (Å²) < 4.78 is 2.03. The van der Waals surface area contributed by atoms with Gasteiger partial charge < -0.3 is 10.6 Å². The van der Waals surface area contributed by atoms with Crippen LogP contribution in [0.2, 0.25) is 0 Å². The van der Waals surface area contributed by atoms with Crippen molar-refractivity contribution in [2.24, 2.45) is 0 Å². The molecule has 0 spiro atoms. The number of para-hydroxylation sites is 1. The lowest BCUT2D eigenvalue weighted by atomic mass is 10.2. The minimum absolute atomic E-state index is 0.276. The molecule has 0 saturated carbocycles. The van der Waals surface area contributed by atoms with Gasteiger partial charge >= 0.3 is 0 Å². The Bertz CT molecular complexity index is 730. The van der Waals surface area contributed by atoms with Crippen molar-refractivity contribution in [3.8, 4) is 5.82 Å². The Balaban J connectivity index is 2.29. The molecule has 0 saturated heterocycles. The summed E-state index contributed by atoms with van der Waals surface area (Å²) in [6.45, 7) is 0. The molecule has 5 heteroatoms. The van der Waals surface area contributed by atoms with Crippen LogP contribution in [0.25, 0.3) is 16.7 Å². The van der Waals surface area contributed by atoms with Gasteiger partial charge in [0.15, 0.2) is 5.82 Å². The number of hydrogen-bond donors (Lipinski definition) is 1. The Morgan fingerprint density at radius 3 is 2.74 bits per heavy atom. The highest BCUT2D eigenvalue weighted by molar-refractivity contribution is 5.82. The first kappa shape index (κ1) is 11.5. The molecule has 0 aliphatic rings. The third-order valence-electron chi connectivity index (χ3n) is 3.08. The summed E-state index contributed by atoms with van der Waals surface area (Å²) >= 11 is 0. The second-order valence-electron chi connectivity index (χ2n) is 4.58. The quantitative estimate of drug-likeness (QED) is 0.759. The first-order valence-corrected chi connectivity index (χ1v) is 6.03. The van der Waals surface area contributed by atoms with Crippen LogP contribution in [0.5, 0.6) is 0 Å². The summed E-state index contributed by atoms with van der Waals surface area (Å²) in [6.07, 6.45) is 3.74. The van der Waals surface area contributed by atoms with E-state index < -0.39 is 0 Å². The maximum atomic E-state index is 5.72. The van der Waals surface area contributed by atoms with E-state index in [0.717, 1.165) is 17.0 Å². The second-order valence-corrected chi connectivity index (χ2v) is 4.58. The molecule has 2 heterocycles. The van der Waals surface area contributed by atoms with E-state index in [1.165, 1.54) is 5.39 Å². The molecule has 0 bridgehead atoms. The van der Waals surface area contributed by atoms with Gasteiger partial charge in [0.1, 0.15) is 0 Å². The van der Waals surface area contributed by atoms with Crippen LogP contribution >= 0.6 is 0 Å². The SMILES string of the molecule is CN(C)c1cnc(N)nc1-n1ccc2ccccc21. The highest BCUT2D eigenvalue weighted by Gasteiger charge is 2.12. The third kappa shape index (κ3) is 1.89. The summed E-state index contributed by atoms with van der Waals surface area (Å²) in [5, 5.41) is 1.17. The van der Waals surface area contributed by atoms with E-state index in [0.29, 0.717) is 0 Å². The number of fused-ring (bicyclic) bond motifs is 1. The molecular weight excluding hydrogens is 238 g/mol. The van der Waals surface area contributed by atoms with E-state index in [1.807, 2.05) is 41.9 Å². The van der Waals surface area contributed by atoms with Gasteiger partial charge in [-0.3, -0.25) is 4.57 Å². The predicted octanol–water partition coefficient (Wildman–Crippen LogP) is 2.07. The summed E-state index contributed by atoms with van der Waals surface area (Å²) in [5.41, 5.74) is 7.75. The molecule has 5 nitrogen and oxygen atoms in total. The number of rotatable bonds is 2. The van der Waals surface area contributed by atoms with Crippen LogP contribution in [0.15, 0.2) is 42.7 Å². The predicted molar refractivity (Wildman–Crippen MR) is 77.6 cm³/mol. The average Bonchev–Trinajstić information content (AvgIpc) is 2.82. The van der Waals surface area contributed by atoms with Crippen LogP contribution in [0, 0.1) is 0 Å². The lowest BCUT2D eigenvalue weighted by Gasteiger charge is -2.17. The molecule has 0 atom stereocenters. The van der Waals surface area contributed by atoms with Crippen molar-refractivity contribution in [1.29, 1.82) is 0 Å². The van der Waals surface area contributed by atoms with Crippen molar-refractivity contribution in [1.82, 2.24) is 14.5 Å². The average molecular weight is 253 g/mol. The van der Waals surface area contributed by atoms with Gasteiger partial charge in [-0.2, -0.15) is 4.98 Å². The number of hydrogen-bond acceptors (Lipinski definition) is 4. The fourth-order valence-electron chi connectivity index (χ4n) is 2.14. The molecule has 96 valence electrons. The van der Waals surface area contributed by atoms with Gasteiger partial charge in [-0.1, -0.05) is 18.2 Å². The van der Waals surface area contributed by atoms with E-state index >= 15 is 0 Å². The van der Waals surface area contributed by atoms with Gasteiger partial charge in [0.2, 0.25) is 5.95 Å². The standard InChI is InChI=1S/C14H15N5/c1-18(2)12-9-16-14(15)17-13(12)19-8-7-10-5-3-4-6-11(10)19/h3-9H,1-2H3,(H2,15,16,17). The molecule has 0 radical (unpaired) electrons. The van der Waals surface area contributed by atoms with E-state index in [2.05, 4.69) is 28.2 Å². The lowest BCUT2D eigenvalue weighted by molar-refractivity contribution is 0.982. The van der Waals surface area contributed by atoms with Gasteiger partial charge in [-0.15, -0.1) is 0 Å². The largest absolute Gasteiger partial charge is 0.373 e. The molecule has 2 N–H and O–H groups in total. The van der Waals surface area contributed by atoms with Crippen molar-refractivity contribution in [2.45, 2.75) is 0 Å². The Labute approximate surface area is 111 Å². The van der Waals surface area contributed by atoms with Crippen LogP contribution in [0.4, 0.5) is 11.6 Å². The molecule has 2 aromatic heterocycles. The van der Waals surface area contributed by atoms with Crippen LogP contribution in [-0.4, -0.2) is 28.6 Å². The minimum atomic E-state index is 0.276. The van der Waals surface area contributed by atoms with Crippen LogP contribution < -0.4 is 10.6 Å². The number of nitrogens with two attached hydrogens (primary N) is 1. The van der Waals surface area contributed by atoms with Crippen molar-refractivity contribution < 1.29 is 0 Å². The Morgan fingerprint density at radius 1 is 1.16 bits per heavy atom. The summed E-state index contributed by atoms with van der Waals surface area (Å²) in [6, 6.07) is 10.2. The molecule has 1 aromatic carbocycles. The molecule has 0 fully saturated rings. The molecule has 0 aliphatic heterocycles. The number of anilines is 2. The smallest absolute Gasteiger partial charge is 0.222 e. The highest BCUT2D eigenvalue weighted by atomic mass is 15.2. The summed E-state index contributed by atoms with van der Waals surface area (Å²) in [4.78, 5) is 10.4. The maximum Gasteiger partial charge on any atom is 0.222 e. The van der Waals surface area contributed by atoms with Crippen LogP contribution in [-0.2, 0) is 0 Å². The number of aromatic nitrogens is 3. The van der Waals surface area contributed by atoms with E-state index in [1.54, 1.807) is 6.20 Å². The topological polar surface area (TPSA) is 60.0 Å². The maximum absolute atomic E-state index is 5.72. The fourth-order valence-corrected chi connectivity index (χ4v) is 2.14. The first-order valence-electron chi connectivity index (χ1n) is 6.03. The van der Waals surface area contributed by atoms with E-state index in [9.17, 15) is 0 Å². The van der Waals surface area contributed by atoms with Gasteiger partial charge in [0.05, 0.1) is 17.4 Å². The number of nitrogen functional groups attached to an aromatic ring is 1. The zero-order chi connectivity index (χ0) is 13.4. The van der Waals surface area contributed by atoms with Crippen molar-refractivity contribution in [3.05, 3.63) is 42.7 Å². The first-order chi connectivity index (χ1) is 9.16. The molecule has 3 rings (SSSR count). The lowest BCUT2D eigenvalue weighted by Crippen LogP contribution is -2.14. The highest BCUT2D eigenvalue weighted by Crippen LogP contribution is 2.25. The Hall–Kier alpha value is -2.56. The van der Waals surface area contributed by atoms with Gasteiger partial charge in [0, 0.05) is 20.3 Å². The van der Waals surface area contributed by atoms with Gasteiger partial charge in [-0.05, 0) is 17.5 Å². The van der Waals surface area contributed by atoms with Crippen LogP contribution in [0.3, 0.4) is 0 Å². The monoisotopic (exact) mass is 253 g/mol. The molecule has 3 aromatic rings. The zero-order valence-corrected chi connectivity index (χ0v) is 10.9. The molecule has 0 unspecified atom stereocenters. The van der Waals surface area contributed by atoms with Gasteiger partial charge in [0.25, 0.3) is 0 Å². The van der Waals surface area contributed by atoms with E-state index in [-0.39, 0.29) is 5.95 Å². The Morgan fingerprint density at radius 2 is 1.95 bits per heavy atom. The zero-order valence-electron chi connectivity index (χ0n) is 10.9. The normalized spacial score (nSPS) is 10.8. The van der Waals surface area contributed by atoms with Crippen molar-refractivity contribution in [2.75, 3.05) is 24.7 Å². The van der Waals surface area contributed by atoms with Crippen molar-refractivity contribution in [3.63, 3.8) is 0 Å². The summed E-state index contributed by atoms with van der Waals surface area (Å²) in [5.74, 6) is 1.07. The van der Waals surface area contributed by atoms with Gasteiger partial charge in [-0.25, -0.2) is 4.98 Å². The molecule has 0 amide bonds. The van der Waals surface area contributed by atoms with E-state index in [4.69, 9.17) is 5.73 Å². The number of nitrogens with zero attached hydrogens (tertiary/aromatic N) is 4. The summed E-state index contributed by atoms with van der Waals surface area (Å²) in [7, 11) is 3.92. The second kappa shape index (κ2) is 4.28. The van der Waals surface area contributed by atoms with Crippen molar-refractivity contribution >= 4 is 22.5 Å². The van der Waals surface area contributed by atoms with Crippen LogP contribution in [0.1, 0.15) is 0 Å². The minimum Gasteiger partial charge on any atom is -0.373 e. The number of benzene rings is 1. The third-order valence-corrected chi connectivity index (χ3v) is 3.08. The fraction of sp³-hybridized carbons (Fsp3) is 0.143.